The molecule has 1 aromatic rings. The normalized spacial score (nSPS) is 15.0. The standard InChI is InChI=1S/C15H21N3O2.ClH/c1-10(2)13(19)18-12-5-3-11(4-6-12)9-17-14(20)15(16)7-8-15;/h3-6,10H,7-9,16H2,1-2H3,(H,17,20)(H,18,19);1H. The fourth-order valence-electron chi connectivity index (χ4n) is 1.71. The van der Waals surface area contributed by atoms with Crippen molar-refractivity contribution in [2.45, 2.75) is 38.8 Å². The number of anilines is 1. The molecule has 5 nitrogen and oxygen atoms in total. The molecule has 116 valence electrons. The van der Waals surface area contributed by atoms with E-state index in [1.54, 1.807) is 0 Å². The second kappa shape index (κ2) is 6.91. The molecule has 0 spiro atoms. The molecule has 1 aliphatic rings. The van der Waals surface area contributed by atoms with Crippen LogP contribution in [0.3, 0.4) is 0 Å². The molecule has 0 aromatic heterocycles. The van der Waals surface area contributed by atoms with Crippen LogP contribution in [0.5, 0.6) is 0 Å². The third-order valence-electron chi connectivity index (χ3n) is 3.44. The minimum absolute atomic E-state index is 0. The number of nitrogens with two attached hydrogens (primary N) is 1. The van der Waals surface area contributed by atoms with Crippen molar-refractivity contribution in [1.82, 2.24) is 5.32 Å². The number of hydrogen-bond donors (Lipinski definition) is 3. The van der Waals surface area contributed by atoms with Gasteiger partial charge in [-0.3, -0.25) is 9.59 Å². The van der Waals surface area contributed by atoms with Gasteiger partial charge in [0.2, 0.25) is 11.8 Å². The van der Waals surface area contributed by atoms with Crippen molar-refractivity contribution in [3.8, 4) is 0 Å². The molecule has 1 saturated carbocycles. The fourth-order valence-corrected chi connectivity index (χ4v) is 1.71. The van der Waals surface area contributed by atoms with Gasteiger partial charge in [0.25, 0.3) is 0 Å². The average molecular weight is 312 g/mol. The highest BCUT2D eigenvalue weighted by molar-refractivity contribution is 5.92. The molecule has 21 heavy (non-hydrogen) atoms. The number of carbonyl (C=O) groups is 2. The maximum Gasteiger partial charge on any atom is 0.240 e. The summed E-state index contributed by atoms with van der Waals surface area (Å²) >= 11 is 0. The minimum atomic E-state index is -0.634. The van der Waals surface area contributed by atoms with Gasteiger partial charge < -0.3 is 16.4 Å². The summed E-state index contributed by atoms with van der Waals surface area (Å²) in [6, 6.07) is 7.42. The Morgan fingerprint density at radius 3 is 2.29 bits per heavy atom. The second-order valence-corrected chi connectivity index (χ2v) is 5.68. The van der Waals surface area contributed by atoms with E-state index < -0.39 is 5.54 Å². The Hall–Kier alpha value is -1.59. The molecule has 2 rings (SSSR count). The summed E-state index contributed by atoms with van der Waals surface area (Å²) in [7, 11) is 0. The molecule has 1 aromatic carbocycles. The molecule has 4 N–H and O–H groups in total. The summed E-state index contributed by atoms with van der Waals surface area (Å²) in [6.45, 7) is 4.15. The summed E-state index contributed by atoms with van der Waals surface area (Å²) < 4.78 is 0. The minimum Gasteiger partial charge on any atom is -0.350 e. The molecule has 0 atom stereocenters. The zero-order chi connectivity index (χ0) is 14.8. The van der Waals surface area contributed by atoms with Crippen LogP contribution < -0.4 is 16.4 Å². The van der Waals surface area contributed by atoms with Crippen molar-refractivity contribution in [3.63, 3.8) is 0 Å². The van der Waals surface area contributed by atoms with Crippen molar-refractivity contribution in [2.75, 3.05) is 5.32 Å². The van der Waals surface area contributed by atoms with Crippen LogP contribution in [0.4, 0.5) is 5.69 Å². The first-order valence-electron chi connectivity index (χ1n) is 6.88. The summed E-state index contributed by atoms with van der Waals surface area (Å²) in [4.78, 5) is 23.2. The molecule has 1 fully saturated rings. The molecule has 0 unspecified atom stereocenters. The molecule has 6 heteroatoms. The van der Waals surface area contributed by atoms with Gasteiger partial charge in [-0.2, -0.15) is 0 Å². The van der Waals surface area contributed by atoms with Gasteiger partial charge in [-0.25, -0.2) is 0 Å². The van der Waals surface area contributed by atoms with Crippen LogP contribution in [-0.2, 0) is 16.1 Å². The molecular formula is C15H22ClN3O2. The predicted molar refractivity (Wildman–Crippen MR) is 85.2 cm³/mol. The van der Waals surface area contributed by atoms with E-state index in [2.05, 4.69) is 10.6 Å². The lowest BCUT2D eigenvalue weighted by molar-refractivity contribution is -0.123. The first-order chi connectivity index (χ1) is 9.40. The lowest BCUT2D eigenvalue weighted by Crippen LogP contribution is -2.42. The van der Waals surface area contributed by atoms with Crippen LogP contribution in [0.15, 0.2) is 24.3 Å². The van der Waals surface area contributed by atoms with Crippen LogP contribution >= 0.6 is 12.4 Å². The lowest BCUT2D eigenvalue weighted by atomic mass is 10.1. The highest BCUT2D eigenvalue weighted by Crippen LogP contribution is 2.32. The Morgan fingerprint density at radius 1 is 1.24 bits per heavy atom. The summed E-state index contributed by atoms with van der Waals surface area (Å²) in [6.07, 6.45) is 1.53. The maximum atomic E-state index is 11.7. The zero-order valence-electron chi connectivity index (χ0n) is 12.3. The van der Waals surface area contributed by atoms with Crippen LogP contribution in [0.2, 0.25) is 0 Å². The van der Waals surface area contributed by atoms with Crippen LogP contribution in [0, 0.1) is 5.92 Å². The van der Waals surface area contributed by atoms with E-state index >= 15 is 0 Å². The number of halogens is 1. The maximum absolute atomic E-state index is 11.7. The molecule has 0 aliphatic heterocycles. The summed E-state index contributed by atoms with van der Waals surface area (Å²) in [5.74, 6) is -0.146. The van der Waals surface area contributed by atoms with E-state index in [1.165, 1.54) is 0 Å². The van der Waals surface area contributed by atoms with Gasteiger partial charge in [-0.05, 0) is 30.5 Å². The van der Waals surface area contributed by atoms with E-state index in [0.29, 0.717) is 6.54 Å². The lowest BCUT2D eigenvalue weighted by Gasteiger charge is -2.11. The third-order valence-corrected chi connectivity index (χ3v) is 3.44. The Labute approximate surface area is 131 Å². The number of benzene rings is 1. The fraction of sp³-hybridized carbons (Fsp3) is 0.467. The van der Waals surface area contributed by atoms with Crippen molar-refractivity contribution < 1.29 is 9.59 Å². The number of hydrogen-bond acceptors (Lipinski definition) is 3. The zero-order valence-corrected chi connectivity index (χ0v) is 13.1. The Bertz CT molecular complexity index is 510. The van der Waals surface area contributed by atoms with Crippen molar-refractivity contribution in [3.05, 3.63) is 29.8 Å². The monoisotopic (exact) mass is 311 g/mol. The Morgan fingerprint density at radius 2 is 1.81 bits per heavy atom. The molecule has 0 saturated heterocycles. The molecule has 1 aliphatic carbocycles. The number of rotatable bonds is 5. The largest absolute Gasteiger partial charge is 0.350 e. The smallest absolute Gasteiger partial charge is 0.240 e. The molecule has 2 amide bonds. The summed E-state index contributed by atoms with van der Waals surface area (Å²) in [5, 5.41) is 5.65. The van der Waals surface area contributed by atoms with Crippen molar-refractivity contribution in [1.29, 1.82) is 0 Å². The topological polar surface area (TPSA) is 84.2 Å². The van der Waals surface area contributed by atoms with Gasteiger partial charge in [0.15, 0.2) is 0 Å². The van der Waals surface area contributed by atoms with Gasteiger partial charge in [0, 0.05) is 18.2 Å². The number of carbonyl (C=O) groups excluding carboxylic acids is 2. The third kappa shape index (κ3) is 4.72. The van der Waals surface area contributed by atoms with Gasteiger partial charge in [-0.15, -0.1) is 12.4 Å². The van der Waals surface area contributed by atoms with Gasteiger partial charge in [0.05, 0.1) is 5.54 Å². The van der Waals surface area contributed by atoms with Gasteiger partial charge >= 0.3 is 0 Å². The van der Waals surface area contributed by atoms with Gasteiger partial charge in [0.1, 0.15) is 0 Å². The Balaban J connectivity index is 0.00000220. The molecule has 0 bridgehead atoms. The van der Waals surface area contributed by atoms with E-state index in [1.807, 2.05) is 38.1 Å². The highest BCUT2D eigenvalue weighted by atomic mass is 35.5. The first-order valence-corrected chi connectivity index (χ1v) is 6.88. The first kappa shape index (κ1) is 17.5. The van der Waals surface area contributed by atoms with Gasteiger partial charge in [-0.1, -0.05) is 26.0 Å². The van der Waals surface area contributed by atoms with E-state index in [0.717, 1.165) is 24.1 Å². The highest BCUT2D eigenvalue weighted by Gasteiger charge is 2.45. The van der Waals surface area contributed by atoms with E-state index in [9.17, 15) is 9.59 Å². The average Bonchev–Trinajstić information content (AvgIpc) is 3.16. The molecule has 0 radical (unpaired) electrons. The molecular weight excluding hydrogens is 290 g/mol. The predicted octanol–water partition coefficient (Wildman–Crippen LogP) is 1.81. The quantitative estimate of drug-likeness (QED) is 0.775. The van der Waals surface area contributed by atoms with Crippen molar-refractivity contribution >= 4 is 29.9 Å². The van der Waals surface area contributed by atoms with Crippen LogP contribution in [0.1, 0.15) is 32.3 Å². The van der Waals surface area contributed by atoms with Crippen LogP contribution in [-0.4, -0.2) is 17.4 Å². The number of nitrogens with one attached hydrogen (secondary N) is 2. The van der Waals surface area contributed by atoms with E-state index in [-0.39, 0.29) is 30.1 Å². The van der Waals surface area contributed by atoms with Crippen molar-refractivity contribution in [2.24, 2.45) is 11.7 Å². The SMILES string of the molecule is CC(C)C(=O)Nc1ccc(CNC(=O)C2(N)CC2)cc1.Cl. The summed E-state index contributed by atoms with van der Waals surface area (Å²) in [5.41, 5.74) is 6.91. The van der Waals surface area contributed by atoms with Crippen LogP contribution in [0.25, 0.3) is 0 Å². The van der Waals surface area contributed by atoms with E-state index in [4.69, 9.17) is 5.73 Å². The molecule has 0 heterocycles. The number of amides is 2. The second-order valence-electron chi connectivity index (χ2n) is 5.68. The Kier molecular flexibility index (Phi) is 5.75.